The summed E-state index contributed by atoms with van der Waals surface area (Å²) in [6.45, 7) is 0. The molecule has 19 heavy (non-hydrogen) atoms. The van der Waals surface area contributed by atoms with E-state index in [-0.39, 0.29) is 0 Å². The van der Waals surface area contributed by atoms with E-state index in [1.54, 1.807) is 0 Å². The van der Waals surface area contributed by atoms with E-state index < -0.39 is 0 Å². The molecule has 1 aromatic carbocycles. The van der Waals surface area contributed by atoms with Crippen LogP contribution in [0.1, 0.15) is 87.2 Å². The molecule has 0 spiro atoms. The number of hydrogen-bond acceptors (Lipinski definition) is 1. The van der Waals surface area contributed by atoms with E-state index in [1.807, 2.05) is 0 Å². The summed E-state index contributed by atoms with van der Waals surface area (Å²) < 4.78 is 0. The topological polar surface area (TPSA) is 26.0 Å². The van der Waals surface area contributed by atoms with Crippen molar-refractivity contribution >= 4 is 5.69 Å². The van der Waals surface area contributed by atoms with Crippen LogP contribution in [0.2, 0.25) is 0 Å². The van der Waals surface area contributed by atoms with Gasteiger partial charge >= 0.3 is 0 Å². The number of hydrogen-bond donors (Lipinski definition) is 1. The van der Waals surface area contributed by atoms with Crippen molar-refractivity contribution < 1.29 is 0 Å². The number of nitrogens with two attached hydrogens (primary N) is 1. The average Bonchev–Trinajstić information content (AvgIpc) is 2.49. The number of nitrogen functional groups attached to an aromatic ring is 1. The van der Waals surface area contributed by atoms with Crippen molar-refractivity contribution in [3.05, 3.63) is 29.3 Å². The maximum absolute atomic E-state index is 6.55. The summed E-state index contributed by atoms with van der Waals surface area (Å²) >= 11 is 0. The Kier molecular flexibility index (Phi) is 4.10. The van der Waals surface area contributed by atoms with Crippen molar-refractivity contribution in [3.63, 3.8) is 0 Å². The molecule has 1 heteroatoms. The predicted octanol–water partition coefficient (Wildman–Crippen LogP) is 5.36. The molecule has 1 nitrogen and oxygen atoms in total. The molecular formula is C18H27N. The fourth-order valence-corrected chi connectivity index (χ4v) is 4.14. The van der Waals surface area contributed by atoms with E-state index in [1.165, 1.54) is 75.3 Å². The van der Waals surface area contributed by atoms with Crippen molar-refractivity contribution in [1.82, 2.24) is 0 Å². The number of benzene rings is 1. The summed E-state index contributed by atoms with van der Waals surface area (Å²) in [7, 11) is 0. The number of rotatable bonds is 2. The van der Waals surface area contributed by atoms with E-state index in [0.29, 0.717) is 0 Å². The van der Waals surface area contributed by atoms with Gasteiger partial charge in [0.1, 0.15) is 0 Å². The highest BCUT2D eigenvalue weighted by Gasteiger charge is 2.22. The van der Waals surface area contributed by atoms with Crippen LogP contribution in [0.3, 0.4) is 0 Å². The van der Waals surface area contributed by atoms with Gasteiger partial charge in [0.25, 0.3) is 0 Å². The quantitative estimate of drug-likeness (QED) is 0.709. The Labute approximate surface area is 117 Å². The van der Waals surface area contributed by atoms with E-state index in [0.717, 1.165) is 17.5 Å². The predicted molar refractivity (Wildman–Crippen MR) is 82.5 cm³/mol. The molecule has 0 aliphatic heterocycles. The van der Waals surface area contributed by atoms with Gasteiger partial charge in [0.15, 0.2) is 0 Å². The maximum atomic E-state index is 6.55. The number of para-hydroxylation sites is 1. The lowest BCUT2D eigenvalue weighted by molar-refractivity contribution is 0.437. The van der Waals surface area contributed by atoms with Gasteiger partial charge in [-0.3, -0.25) is 0 Å². The van der Waals surface area contributed by atoms with Crippen molar-refractivity contribution in [2.24, 2.45) is 0 Å². The van der Waals surface area contributed by atoms with E-state index in [2.05, 4.69) is 18.2 Å². The largest absolute Gasteiger partial charge is 0.398 e. The van der Waals surface area contributed by atoms with Gasteiger partial charge in [-0.2, -0.15) is 0 Å². The van der Waals surface area contributed by atoms with Crippen LogP contribution in [0.5, 0.6) is 0 Å². The van der Waals surface area contributed by atoms with Crippen LogP contribution in [0.15, 0.2) is 18.2 Å². The molecule has 0 amide bonds. The van der Waals surface area contributed by atoms with Gasteiger partial charge in [-0.25, -0.2) is 0 Å². The minimum absolute atomic E-state index is 0.734. The smallest absolute Gasteiger partial charge is 0.0384 e. The standard InChI is InChI=1S/C18H27N/c19-18-16(14-8-3-1-4-9-14)12-7-13-17(18)15-10-5-2-6-11-15/h7,12-15H,1-6,8-11,19H2. The molecule has 2 fully saturated rings. The van der Waals surface area contributed by atoms with Crippen molar-refractivity contribution in [2.45, 2.75) is 76.0 Å². The Bertz CT molecular complexity index is 375. The normalized spacial score (nSPS) is 22.5. The zero-order chi connectivity index (χ0) is 13.1. The second-order valence-electron chi connectivity index (χ2n) is 6.52. The summed E-state index contributed by atoms with van der Waals surface area (Å²) in [4.78, 5) is 0. The number of anilines is 1. The highest BCUT2D eigenvalue weighted by atomic mass is 14.6. The van der Waals surface area contributed by atoms with Crippen molar-refractivity contribution in [1.29, 1.82) is 0 Å². The Morgan fingerprint density at radius 3 is 1.53 bits per heavy atom. The summed E-state index contributed by atoms with van der Waals surface area (Å²) in [5, 5.41) is 0. The van der Waals surface area contributed by atoms with Crippen molar-refractivity contribution in [3.8, 4) is 0 Å². The average molecular weight is 257 g/mol. The van der Waals surface area contributed by atoms with E-state index >= 15 is 0 Å². The molecule has 0 bridgehead atoms. The lowest BCUT2D eigenvalue weighted by atomic mass is 9.79. The zero-order valence-electron chi connectivity index (χ0n) is 12.0. The molecule has 3 rings (SSSR count). The first-order valence-electron chi connectivity index (χ1n) is 8.24. The first-order valence-corrected chi connectivity index (χ1v) is 8.24. The van der Waals surface area contributed by atoms with E-state index in [9.17, 15) is 0 Å². The van der Waals surface area contributed by atoms with Gasteiger partial charge in [-0.15, -0.1) is 0 Å². The van der Waals surface area contributed by atoms with E-state index in [4.69, 9.17) is 5.73 Å². The van der Waals surface area contributed by atoms with Gasteiger partial charge in [0.2, 0.25) is 0 Å². The first kappa shape index (κ1) is 13.0. The second kappa shape index (κ2) is 5.98. The van der Waals surface area contributed by atoms with Crippen LogP contribution in [0.25, 0.3) is 0 Å². The minimum Gasteiger partial charge on any atom is -0.398 e. The minimum atomic E-state index is 0.734. The maximum Gasteiger partial charge on any atom is 0.0384 e. The molecule has 0 radical (unpaired) electrons. The van der Waals surface area contributed by atoms with Gasteiger partial charge in [0, 0.05) is 5.69 Å². The van der Waals surface area contributed by atoms with Crippen LogP contribution in [-0.2, 0) is 0 Å². The molecule has 2 aliphatic carbocycles. The summed E-state index contributed by atoms with van der Waals surface area (Å²) in [6.07, 6.45) is 13.8. The molecule has 2 N–H and O–H groups in total. The molecular weight excluding hydrogens is 230 g/mol. The van der Waals surface area contributed by atoms with Crippen molar-refractivity contribution in [2.75, 3.05) is 5.73 Å². The SMILES string of the molecule is Nc1c(C2CCCCC2)cccc1C1CCCCC1. The Balaban J connectivity index is 1.84. The highest BCUT2D eigenvalue weighted by Crippen LogP contribution is 2.41. The Hall–Kier alpha value is -0.980. The highest BCUT2D eigenvalue weighted by molar-refractivity contribution is 5.57. The van der Waals surface area contributed by atoms with Crippen LogP contribution < -0.4 is 5.73 Å². The lowest BCUT2D eigenvalue weighted by Gasteiger charge is -2.28. The van der Waals surface area contributed by atoms with Crippen LogP contribution in [0.4, 0.5) is 5.69 Å². The summed E-state index contributed by atoms with van der Waals surface area (Å²) in [6, 6.07) is 6.83. The van der Waals surface area contributed by atoms with Gasteiger partial charge in [0.05, 0.1) is 0 Å². The molecule has 2 saturated carbocycles. The monoisotopic (exact) mass is 257 g/mol. The van der Waals surface area contributed by atoms with Crippen LogP contribution in [0, 0.1) is 0 Å². The first-order chi connectivity index (χ1) is 9.36. The third-order valence-electron chi connectivity index (χ3n) is 5.26. The molecule has 0 aromatic heterocycles. The van der Waals surface area contributed by atoms with Gasteiger partial charge < -0.3 is 5.73 Å². The van der Waals surface area contributed by atoms with Gasteiger partial charge in [-0.1, -0.05) is 56.7 Å². The van der Waals surface area contributed by atoms with Crippen LogP contribution >= 0.6 is 0 Å². The Morgan fingerprint density at radius 2 is 1.11 bits per heavy atom. The molecule has 1 aromatic rings. The Morgan fingerprint density at radius 1 is 0.684 bits per heavy atom. The third-order valence-corrected chi connectivity index (χ3v) is 5.26. The summed E-state index contributed by atoms with van der Waals surface area (Å²) in [5.74, 6) is 1.47. The fraction of sp³-hybridized carbons (Fsp3) is 0.667. The molecule has 2 aliphatic rings. The molecule has 0 atom stereocenters. The second-order valence-corrected chi connectivity index (χ2v) is 6.52. The molecule has 0 unspecified atom stereocenters. The third kappa shape index (κ3) is 2.80. The molecule has 104 valence electrons. The fourth-order valence-electron chi connectivity index (χ4n) is 4.14. The molecule has 0 saturated heterocycles. The molecule has 0 heterocycles. The summed E-state index contributed by atoms with van der Waals surface area (Å²) in [5.41, 5.74) is 10.6. The van der Waals surface area contributed by atoms with Crippen LogP contribution in [-0.4, -0.2) is 0 Å². The zero-order valence-corrected chi connectivity index (χ0v) is 12.0. The lowest BCUT2D eigenvalue weighted by Crippen LogP contribution is -2.12. The van der Waals surface area contributed by atoms with Gasteiger partial charge in [-0.05, 0) is 48.6 Å².